The van der Waals surface area contributed by atoms with Crippen molar-refractivity contribution in [2.75, 3.05) is 5.32 Å². The molecule has 1 aliphatic rings. The lowest BCUT2D eigenvalue weighted by molar-refractivity contribution is -0.115. The third kappa shape index (κ3) is 3.69. The predicted octanol–water partition coefficient (Wildman–Crippen LogP) is 4.81. The van der Waals surface area contributed by atoms with Crippen LogP contribution in [0.3, 0.4) is 0 Å². The molecule has 0 fully saturated rings. The maximum absolute atomic E-state index is 12.7. The van der Waals surface area contributed by atoms with Crippen LogP contribution in [0.25, 0.3) is 10.2 Å². The van der Waals surface area contributed by atoms with Gasteiger partial charge in [0.1, 0.15) is 15.7 Å². The van der Waals surface area contributed by atoms with Crippen LogP contribution in [0.2, 0.25) is 0 Å². The van der Waals surface area contributed by atoms with Gasteiger partial charge in [0.05, 0.1) is 5.25 Å². The Morgan fingerprint density at radius 3 is 2.64 bits per heavy atom. The second-order valence-corrected chi connectivity index (χ2v) is 9.41. The molecule has 7 heteroatoms. The second-order valence-electron chi connectivity index (χ2n) is 7.00. The van der Waals surface area contributed by atoms with Crippen LogP contribution in [0.1, 0.15) is 46.9 Å². The fraction of sp³-hybridized carbons (Fsp3) is 0.333. The van der Waals surface area contributed by atoms with Gasteiger partial charge in [0.2, 0.25) is 5.91 Å². The lowest BCUT2D eigenvalue weighted by Gasteiger charge is -2.13. The predicted molar refractivity (Wildman–Crippen MR) is 115 cm³/mol. The summed E-state index contributed by atoms with van der Waals surface area (Å²) in [5.41, 5.74) is 2.68. The van der Waals surface area contributed by atoms with Crippen molar-refractivity contribution < 1.29 is 9.59 Å². The summed E-state index contributed by atoms with van der Waals surface area (Å²) in [4.78, 5) is 35.8. The van der Waals surface area contributed by atoms with E-state index < -0.39 is 0 Å². The molecule has 0 unspecified atom stereocenters. The number of hydrogen-bond acceptors (Lipinski definition) is 6. The standard InChI is InChI=1S/C21H21N3O2S2/c1-11(25)14-7-9-15(10-8-14)24-19(26)12(2)27-20-18-16-5-4-6-17(16)28-21(18)23-13(3)22-20/h7-10,12H,4-6H2,1-3H3,(H,24,26)/t12-/m0/s1. The Morgan fingerprint density at radius 2 is 1.93 bits per heavy atom. The molecule has 1 aliphatic carbocycles. The van der Waals surface area contributed by atoms with Gasteiger partial charge in [-0.15, -0.1) is 11.3 Å². The monoisotopic (exact) mass is 411 g/mol. The number of hydrogen-bond donors (Lipinski definition) is 1. The van der Waals surface area contributed by atoms with Gasteiger partial charge >= 0.3 is 0 Å². The smallest absolute Gasteiger partial charge is 0.237 e. The lowest BCUT2D eigenvalue weighted by atomic mass is 10.1. The molecule has 0 radical (unpaired) electrons. The first-order chi connectivity index (χ1) is 13.4. The Hall–Kier alpha value is -2.25. The van der Waals surface area contributed by atoms with Gasteiger partial charge in [-0.3, -0.25) is 9.59 Å². The second kappa shape index (κ2) is 7.64. The number of aromatic nitrogens is 2. The number of ketones is 1. The summed E-state index contributed by atoms with van der Waals surface area (Å²) in [6, 6.07) is 6.96. The zero-order valence-electron chi connectivity index (χ0n) is 16.0. The van der Waals surface area contributed by atoms with E-state index in [4.69, 9.17) is 0 Å². The maximum Gasteiger partial charge on any atom is 0.237 e. The number of thiophene rings is 1. The normalized spacial score (nSPS) is 14.1. The highest BCUT2D eigenvalue weighted by atomic mass is 32.2. The molecule has 0 saturated heterocycles. The van der Waals surface area contributed by atoms with Crippen LogP contribution in [0.15, 0.2) is 29.3 Å². The summed E-state index contributed by atoms with van der Waals surface area (Å²) in [7, 11) is 0. The molecule has 4 rings (SSSR count). The lowest BCUT2D eigenvalue weighted by Crippen LogP contribution is -2.22. The van der Waals surface area contributed by atoms with Crippen molar-refractivity contribution in [1.29, 1.82) is 0 Å². The molecular formula is C21H21N3O2S2. The van der Waals surface area contributed by atoms with Crippen molar-refractivity contribution >= 4 is 50.7 Å². The molecule has 2 aromatic heterocycles. The van der Waals surface area contributed by atoms with Crippen molar-refractivity contribution in [3.05, 3.63) is 46.1 Å². The van der Waals surface area contributed by atoms with Gasteiger partial charge in [0.15, 0.2) is 5.78 Å². The quantitative estimate of drug-likeness (QED) is 0.371. The SMILES string of the molecule is CC(=O)c1ccc(NC(=O)[C@H](C)Sc2nc(C)nc3sc4c(c23)CCC4)cc1. The van der Waals surface area contributed by atoms with Crippen LogP contribution in [0, 0.1) is 6.92 Å². The molecule has 1 N–H and O–H groups in total. The number of thioether (sulfide) groups is 1. The minimum atomic E-state index is -0.304. The van der Waals surface area contributed by atoms with Gasteiger partial charge in [-0.25, -0.2) is 9.97 Å². The number of carbonyl (C=O) groups excluding carboxylic acids is 2. The summed E-state index contributed by atoms with van der Waals surface area (Å²) in [5, 5.41) is 4.66. The largest absolute Gasteiger partial charge is 0.325 e. The average molecular weight is 412 g/mol. The number of rotatable bonds is 5. The van der Waals surface area contributed by atoms with E-state index in [1.165, 1.54) is 35.5 Å². The molecule has 144 valence electrons. The van der Waals surface area contributed by atoms with Crippen LogP contribution in [-0.4, -0.2) is 26.9 Å². The minimum absolute atomic E-state index is 0.00763. The number of nitrogens with one attached hydrogen (secondary N) is 1. The molecule has 1 aromatic carbocycles. The van der Waals surface area contributed by atoms with Crippen LogP contribution >= 0.6 is 23.1 Å². The molecule has 0 spiro atoms. The van der Waals surface area contributed by atoms with Crippen molar-refractivity contribution in [1.82, 2.24) is 9.97 Å². The number of Topliss-reactive ketones (excluding diaryl/α,β-unsaturated/α-hetero) is 1. The van der Waals surface area contributed by atoms with Crippen LogP contribution in [0.4, 0.5) is 5.69 Å². The minimum Gasteiger partial charge on any atom is -0.325 e. The van der Waals surface area contributed by atoms with Crippen LogP contribution in [-0.2, 0) is 17.6 Å². The van der Waals surface area contributed by atoms with Gasteiger partial charge in [0, 0.05) is 21.5 Å². The molecule has 0 bridgehead atoms. The Morgan fingerprint density at radius 1 is 1.18 bits per heavy atom. The number of fused-ring (bicyclic) bond motifs is 3. The van der Waals surface area contributed by atoms with Gasteiger partial charge < -0.3 is 5.32 Å². The highest BCUT2D eigenvalue weighted by molar-refractivity contribution is 8.00. The zero-order chi connectivity index (χ0) is 19.8. The third-order valence-corrected chi connectivity index (χ3v) is 7.13. The fourth-order valence-corrected chi connectivity index (χ4v) is 5.80. The highest BCUT2D eigenvalue weighted by Crippen LogP contribution is 2.41. The summed E-state index contributed by atoms with van der Waals surface area (Å²) >= 11 is 3.25. The van der Waals surface area contributed by atoms with Crippen molar-refractivity contribution in [2.24, 2.45) is 0 Å². The van der Waals surface area contributed by atoms with Gasteiger partial charge in [-0.1, -0.05) is 11.8 Å². The maximum atomic E-state index is 12.7. The number of anilines is 1. The summed E-state index contributed by atoms with van der Waals surface area (Å²) in [5.74, 6) is 0.660. The zero-order valence-corrected chi connectivity index (χ0v) is 17.7. The van der Waals surface area contributed by atoms with Crippen LogP contribution < -0.4 is 5.32 Å². The van der Waals surface area contributed by atoms with E-state index in [2.05, 4.69) is 15.3 Å². The Bertz CT molecular complexity index is 1070. The van der Waals surface area contributed by atoms with E-state index in [9.17, 15) is 9.59 Å². The molecule has 0 saturated carbocycles. The number of amides is 1. The number of carbonyl (C=O) groups is 2. The first-order valence-corrected chi connectivity index (χ1v) is 11.0. The van der Waals surface area contributed by atoms with Gasteiger partial charge in [-0.2, -0.15) is 0 Å². The first kappa shape index (κ1) is 19.1. The molecule has 1 amide bonds. The molecule has 3 aromatic rings. The third-order valence-electron chi connectivity index (χ3n) is 4.86. The van der Waals surface area contributed by atoms with E-state index in [0.717, 1.165) is 33.9 Å². The van der Waals surface area contributed by atoms with Crippen LogP contribution in [0.5, 0.6) is 0 Å². The first-order valence-electron chi connectivity index (χ1n) is 9.30. The number of benzene rings is 1. The molecule has 5 nitrogen and oxygen atoms in total. The topological polar surface area (TPSA) is 72.0 Å². The summed E-state index contributed by atoms with van der Waals surface area (Å²) in [6.07, 6.45) is 3.37. The van der Waals surface area contributed by atoms with E-state index >= 15 is 0 Å². The van der Waals surface area contributed by atoms with E-state index in [1.54, 1.807) is 35.6 Å². The molecule has 1 atom stereocenters. The average Bonchev–Trinajstić information content (AvgIpc) is 3.22. The van der Waals surface area contributed by atoms with Gasteiger partial charge in [-0.05, 0) is 69.9 Å². The Labute approximate surface area is 172 Å². The fourth-order valence-electron chi connectivity index (χ4n) is 3.40. The Kier molecular flexibility index (Phi) is 5.21. The molecule has 2 heterocycles. The van der Waals surface area contributed by atoms with Gasteiger partial charge in [0.25, 0.3) is 0 Å². The van der Waals surface area contributed by atoms with E-state index in [1.807, 2.05) is 13.8 Å². The highest BCUT2D eigenvalue weighted by Gasteiger charge is 2.24. The number of aryl methyl sites for hydroxylation is 3. The van der Waals surface area contributed by atoms with Crippen molar-refractivity contribution in [3.63, 3.8) is 0 Å². The van der Waals surface area contributed by atoms with Crippen molar-refractivity contribution in [3.8, 4) is 0 Å². The summed E-state index contributed by atoms with van der Waals surface area (Å²) < 4.78 is 0. The molecule has 28 heavy (non-hydrogen) atoms. The van der Waals surface area contributed by atoms with Crippen molar-refractivity contribution in [2.45, 2.75) is 50.3 Å². The van der Waals surface area contributed by atoms with E-state index in [0.29, 0.717) is 11.3 Å². The summed E-state index contributed by atoms with van der Waals surface area (Å²) in [6.45, 7) is 5.31. The molecular weight excluding hydrogens is 390 g/mol. The molecule has 0 aliphatic heterocycles. The number of nitrogens with zero attached hydrogens (tertiary/aromatic N) is 2. The van der Waals surface area contributed by atoms with E-state index in [-0.39, 0.29) is 16.9 Å². The Balaban J connectivity index is 1.54.